The molecule has 0 radical (unpaired) electrons. The van der Waals surface area contributed by atoms with Crippen molar-refractivity contribution in [2.75, 3.05) is 26.8 Å². The van der Waals surface area contributed by atoms with Crippen LogP contribution in [0.1, 0.15) is 36.0 Å². The highest BCUT2D eigenvalue weighted by molar-refractivity contribution is 9.10. The van der Waals surface area contributed by atoms with Gasteiger partial charge in [-0.25, -0.2) is 13.1 Å². The molecule has 9 heteroatoms. The molecule has 7 nitrogen and oxygen atoms in total. The smallest absolute Gasteiger partial charge is 0.252 e. The Labute approximate surface area is 162 Å². The molecule has 1 saturated carbocycles. The van der Waals surface area contributed by atoms with Crippen LogP contribution in [0.5, 0.6) is 0 Å². The molecule has 1 aliphatic rings. The van der Waals surface area contributed by atoms with Gasteiger partial charge < -0.3 is 15.2 Å². The van der Waals surface area contributed by atoms with Crippen LogP contribution >= 0.6 is 15.9 Å². The molecule has 1 aromatic carbocycles. The first-order valence-corrected chi connectivity index (χ1v) is 10.9. The molecule has 0 aromatic heterocycles. The van der Waals surface area contributed by atoms with Crippen LogP contribution in [-0.4, -0.2) is 52.3 Å². The van der Waals surface area contributed by atoms with Gasteiger partial charge in [-0.05, 0) is 59.3 Å². The summed E-state index contributed by atoms with van der Waals surface area (Å²) in [7, 11) is -2.22. The third kappa shape index (κ3) is 6.02. The van der Waals surface area contributed by atoms with E-state index in [0.29, 0.717) is 17.4 Å². The van der Waals surface area contributed by atoms with Crippen LogP contribution in [0.15, 0.2) is 27.6 Å². The number of halogens is 1. The number of methoxy groups -OCH3 is 1. The predicted octanol–water partition coefficient (Wildman–Crippen LogP) is 1.65. The van der Waals surface area contributed by atoms with E-state index in [2.05, 4.69) is 26.0 Å². The van der Waals surface area contributed by atoms with E-state index in [0.717, 1.165) is 19.3 Å². The molecule has 1 aliphatic carbocycles. The molecule has 0 aliphatic heterocycles. The van der Waals surface area contributed by atoms with Gasteiger partial charge in [-0.15, -0.1) is 0 Å². The van der Waals surface area contributed by atoms with Gasteiger partial charge in [0.1, 0.15) is 0 Å². The number of hydrogen-bond acceptors (Lipinski definition) is 5. The number of ether oxygens (including phenoxy) is 1. The third-order valence-electron chi connectivity index (χ3n) is 4.40. The van der Waals surface area contributed by atoms with Crippen molar-refractivity contribution in [3.63, 3.8) is 0 Å². The number of benzene rings is 1. The zero-order chi connectivity index (χ0) is 19.2. The van der Waals surface area contributed by atoms with Crippen LogP contribution in [0.4, 0.5) is 0 Å². The second-order valence-corrected chi connectivity index (χ2v) is 9.05. The van der Waals surface area contributed by atoms with E-state index in [1.807, 2.05) is 0 Å². The number of carbonyl (C=O) groups is 1. The van der Waals surface area contributed by atoms with Gasteiger partial charge in [0.15, 0.2) is 0 Å². The SMILES string of the molecule is COCCNS(=O)(=O)c1ccc(Br)c(C(=O)NCC2CCCC(O)C2)c1. The fraction of sp³-hybridized carbons (Fsp3) is 0.588. The van der Waals surface area contributed by atoms with Gasteiger partial charge in [0.05, 0.1) is 23.2 Å². The van der Waals surface area contributed by atoms with Gasteiger partial charge in [0.25, 0.3) is 5.91 Å². The topological polar surface area (TPSA) is 105 Å². The van der Waals surface area contributed by atoms with Gasteiger partial charge in [0.2, 0.25) is 10.0 Å². The van der Waals surface area contributed by atoms with E-state index in [-0.39, 0.29) is 41.5 Å². The molecule has 26 heavy (non-hydrogen) atoms. The first-order chi connectivity index (χ1) is 12.3. The molecule has 0 spiro atoms. The highest BCUT2D eigenvalue weighted by atomic mass is 79.9. The summed E-state index contributed by atoms with van der Waals surface area (Å²) < 4.78 is 32.4. The maximum Gasteiger partial charge on any atom is 0.252 e. The quantitative estimate of drug-likeness (QED) is 0.524. The highest BCUT2D eigenvalue weighted by Gasteiger charge is 2.22. The predicted molar refractivity (Wildman–Crippen MR) is 102 cm³/mol. The fourth-order valence-electron chi connectivity index (χ4n) is 2.99. The molecule has 146 valence electrons. The Morgan fingerprint density at radius 1 is 1.38 bits per heavy atom. The molecule has 1 aromatic rings. The van der Waals surface area contributed by atoms with Crippen LogP contribution in [-0.2, 0) is 14.8 Å². The molecule has 0 heterocycles. The number of sulfonamides is 1. The molecule has 2 rings (SSSR count). The lowest BCUT2D eigenvalue weighted by Crippen LogP contribution is -2.33. The second-order valence-electron chi connectivity index (χ2n) is 6.43. The number of amides is 1. The molecule has 2 unspecified atom stereocenters. The zero-order valence-electron chi connectivity index (χ0n) is 14.7. The van der Waals surface area contributed by atoms with Crippen molar-refractivity contribution in [1.82, 2.24) is 10.0 Å². The van der Waals surface area contributed by atoms with Crippen molar-refractivity contribution in [3.05, 3.63) is 28.2 Å². The second kappa shape index (κ2) is 9.80. The lowest BCUT2D eigenvalue weighted by atomic mass is 9.87. The van der Waals surface area contributed by atoms with Crippen LogP contribution in [0.25, 0.3) is 0 Å². The van der Waals surface area contributed by atoms with E-state index in [9.17, 15) is 18.3 Å². The summed E-state index contributed by atoms with van der Waals surface area (Å²) in [5.74, 6) is -0.102. The Hall–Kier alpha value is -1.00. The van der Waals surface area contributed by atoms with E-state index in [4.69, 9.17) is 4.74 Å². The Morgan fingerprint density at radius 3 is 2.85 bits per heavy atom. The van der Waals surface area contributed by atoms with Crippen LogP contribution in [0, 0.1) is 5.92 Å². The third-order valence-corrected chi connectivity index (χ3v) is 6.55. The molecule has 0 saturated heterocycles. The lowest BCUT2D eigenvalue weighted by Gasteiger charge is -2.26. The van der Waals surface area contributed by atoms with E-state index in [1.54, 1.807) is 6.07 Å². The minimum absolute atomic E-state index is 0.0232. The van der Waals surface area contributed by atoms with Crippen molar-refractivity contribution in [1.29, 1.82) is 0 Å². The minimum Gasteiger partial charge on any atom is -0.393 e. The molecular weight excluding hydrogens is 424 g/mol. The highest BCUT2D eigenvalue weighted by Crippen LogP contribution is 2.24. The minimum atomic E-state index is -3.71. The summed E-state index contributed by atoms with van der Waals surface area (Å²) >= 11 is 3.30. The van der Waals surface area contributed by atoms with Gasteiger partial charge in [-0.2, -0.15) is 0 Å². The zero-order valence-corrected chi connectivity index (χ0v) is 17.1. The van der Waals surface area contributed by atoms with Crippen molar-refractivity contribution < 1.29 is 23.1 Å². The Bertz CT molecular complexity index is 726. The number of nitrogens with one attached hydrogen (secondary N) is 2. The first kappa shape index (κ1) is 21.3. The van der Waals surface area contributed by atoms with Crippen LogP contribution in [0.3, 0.4) is 0 Å². The average molecular weight is 449 g/mol. The maximum absolute atomic E-state index is 12.5. The monoisotopic (exact) mass is 448 g/mol. The summed E-state index contributed by atoms with van der Waals surface area (Å²) in [4.78, 5) is 12.5. The van der Waals surface area contributed by atoms with Crippen molar-refractivity contribution in [3.8, 4) is 0 Å². The average Bonchev–Trinajstić information content (AvgIpc) is 2.60. The van der Waals surface area contributed by atoms with Crippen molar-refractivity contribution >= 4 is 31.9 Å². The number of hydrogen-bond donors (Lipinski definition) is 3. The standard InChI is InChI=1S/C17H25BrN2O5S/c1-25-8-7-20-26(23,24)14-5-6-16(18)15(10-14)17(22)19-11-12-3-2-4-13(21)9-12/h5-6,10,12-13,20-21H,2-4,7-9,11H2,1H3,(H,19,22). The van der Waals surface area contributed by atoms with Gasteiger partial charge in [0, 0.05) is 24.7 Å². The Kier molecular flexibility index (Phi) is 8.03. The Morgan fingerprint density at radius 2 is 2.15 bits per heavy atom. The van der Waals surface area contributed by atoms with Crippen LogP contribution < -0.4 is 10.0 Å². The molecule has 3 N–H and O–H groups in total. The van der Waals surface area contributed by atoms with Crippen molar-refractivity contribution in [2.45, 2.75) is 36.7 Å². The van der Waals surface area contributed by atoms with Gasteiger partial charge in [-0.3, -0.25) is 4.79 Å². The van der Waals surface area contributed by atoms with Gasteiger partial charge >= 0.3 is 0 Å². The summed E-state index contributed by atoms with van der Waals surface area (Å²) in [5.41, 5.74) is 0.260. The van der Waals surface area contributed by atoms with Gasteiger partial charge in [-0.1, -0.05) is 6.42 Å². The van der Waals surface area contributed by atoms with E-state index < -0.39 is 10.0 Å². The summed E-state index contributed by atoms with van der Waals surface area (Å²) in [6.07, 6.45) is 3.11. The summed E-state index contributed by atoms with van der Waals surface area (Å²) in [6, 6.07) is 4.34. The normalized spacial score (nSPS) is 20.7. The number of aliphatic hydroxyl groups excluding tert-OH is 1. The largest absolute Gasteiger partial charge is 0.393 e. The molecule has 1 fully saturated rings. The van der Waals surface area contributed by atoms with Crippen molar-refractivity contribution in [2.24, 2.45) is 5.92 Å². The molecule has 2 atom stereocenters. The summed E-state index contributed by atoms with van der Waals surface area (Å²) in [6.45, 7) is 0.877. The first-order valence-electron chi connectivity index (χ1n) is 8.58. The van der Waals surface area contributed by atoms with E-state index in [1.165, 1.54) is 19.2 Å². The summed E-state index contributed by atoms with van der Waals surface area (Å²) in [5, 5.41) is 12.6. The van der Waals surface area contributed by atoms with E-state index >= 15 is 0 Å². The fourth-order valence-corrected chi connectivity index (χ4v) is 4.45. The molecule has 0 bridgehead atoms. The Balaban J connectivity index is 2.04. The lowest BCUT2D eigenvalue weighted by molar-refractivity contribution is 0.0873. The molecule has 1 amide bonds. The number of carbonyl (C=O) groups excluding carboxylic acids is 1. The number of rotatable bonds is 8. The van der Waals surface area contributed by atoms with Crippen LogP contribution in [0.2, 0.25) is 0 Å². The maximum atomic E-state index is 12.5. The number of aliphatic hydroxyl groups is 1. The molecular formula is C17H25BrN2O5S.